The van der Waals surface area contributed by atoms with E-state index in [1.54, 1.807) is 41.3 Å². The third-order valence-corrected chi connectivity index (χ3v) is 3.90. The molecule has 1 amide bonds. The second-order valence-electron chi connectivity index (χ2n) is 5.36. The highest BCUT2D eigenvalue weighted by Gasteiger charge is 2.18. The molecule has 1 N–H and O–H groups in total. The maximum Gasteiger partial charge on any atom is 0.335 e. The summed E-state index contributed by atoms with van der Waals surface area (Å²) < 4.78 is 5.25. The molecule has 1 fully saturated rings. The molecule has 0 atom stereocenters. The highest BCUT2D eigenvalue weighted by molar-refractivity contribution is 5.95. The summed E-state index contributed by atoms with van der Waals surface area (Å²) in [5, 5.41) is 8.92. The standard InChI is InChI=1S/C18H17NO4/c20-17(19-9-11-23-12-10-19)15-5-1-13(2-6-15)14-3-7-16(8-4-14)18(21)22/h1-8H,9-12H2,(H,21,22). The molecular formula is C18H17NO4. The Hall–Kier alpha value is -2.66. The van der Waals surface area contributed by atoms with E-state index < -0.39 is 5.97 Å². The van der Waals surface area contributed by atoms with E-state index in [1.807, 2.05) is 12.1 Å². The zero-order valence-corrected chi connectivity index (χ0v) is 12.6. The lowest BCUT2D eigenvalue weighted by molar-refractivity contribution is 0.0303. The highest BCUT2D eigenvalue weighted by atomic mass is 16.5. The fourth-order valence-corrected chi connectivity index (χ4v) is 2.56. The number of hydrogen-bond donors (Lipinski definition) is 1. The van der Waals surface area contributed by atoms with E-state index in [9.17, 15) is 9.59 Å². The fourth-order valence-electron chi connectivity index (χ4n) is 2.56. The van der Waals surface area contributed by atoms with Gasteiger partial charge in [-0.1, -0.05) is 24.3 Å². The Labute approximate surface area is 134 Å². The molecule has 0 aliphatic carbocycles. The molecule has 1 heterocycles. The zero-order chi connectivity index (χ0) is 16.2. The van der Waals surface area contributed by atoms with Crippen LogP contribution in [0.2, 0.25) is 0 Å². The summed E-state index contributed by atoms with van der Waals surface area (Å²) in [6, 6.07) is 14.0. The fraction of sp³-hybridized carbons (Fsp3) is 0.222. The Kier molecular flexibility index (Phi) is 4.39. The molecule has 5 heteroatoms. The van der Waals surface area contributed by atoms with Crippen LogP contribution in [0.25, 0.3) is 11.1 Å². The summed E-state index contributed by atoms with van der Waals surface area (Å²) in [6.45, 7) is 2.41. The minimum absolute atomic E-state index is 0.0149. The Bertz CT molecular complexity index is 701. The number of hydrogen-bond acceptors (Lipinski definition) is 3. The first-order chi connectivity index (χ1) is 11.1. The first-order valence-corrected chi connectivity index (χ1v) is 7.46. The summed E-state index contributed by atoms with van der Waals surface area (Å²) in [7, 11) is 0. The van der Waals surface area contributed by atoms with Crippen molar-refractivity contribution >= 4 is 11.9 Å². The monoisotopic (exact) mass is 311 g/mol. The van der Waals surface area contributed by atoms with Crippen molar-refractivity contribution in [1.82, 2.24) is 4.90 Å². The molecule has 2 aromatic carbocycles. The van der Waals surface area contributed by atoms with Crippen molar-refractivity contribution in [2.45, 2.75) is 0 Å². The molecule has 0 bridgehead atoms. The molecule has 3 rings (SSSR count). The molecule has 1 aliphatic heterocycles. The van der Waals surface area contributed by atoms with Crippen LogP contribution in [0.4, 0.5) is 0 Å². The summed E-state index contributed by atoms with van der Waals surface area (Å²) in [4.78, 5) is 25.0. The normalized spacial score (nSPS) is 14.5. The van der Waals surface area contributed by atoms with Gasteiger partial charge in [0.05, 0.1) is 18.8 Å². The van der Waals surface area contributed by atoms with Crippen LogP contribution in [-0.2, 0) is 4.74 Å². The van der Waals surface area contributed by atoms with Gasteiger partial charge in [-0.2, -0.15) is 0 Å². The number of carbonyl (C=O) groups is 2. The van der Waals surface area contributed by atoms with E-state index in [0.29, 0.717) is 31.9 Å². The Morgan fingerprint density at radius 1 is 0.826 bits per heavy atom. The zero-order valence-electron chi connectivity index (χ0n) is 12.6. The van der Waals surface area contributed by atoms with E-state index in [-0.39, 0.29) is 11.5 Å². The van der Waals surface area contributed by atoms with Crippen LogP contribution >= 0.6 is 0 Å². The number of amides is 1. The SMILES string of the molecule is O=C(O)c1ccc(-c2ccc(C(=O)N3CCOCC3)cc2)cc1. The lowest BCUT2D eigenvalue weighted by Crippen LogP contribution is -2.40. The van der Waals surface area contributed by atoms with Gasteiger partial charge in [0.25, 0.3) is 5.91 Å². The minimum atomic E-state index is -0.942. The largest absolute Gasteiger partial charge is 0.478 e. The smallest absolute Gasteiger partial charge is 0.335 e. The Balaban J connectivity index is 1.76. The van der Waals surface area contributed by atoms with Gasteiger partial charge in [0.15, 0.2) is 0 Å². The molecule has 0 spiro atoms. The minimum Gasteiger partial charge on any atom is -0.478 e. The predicted octanol–water partition coefficient (Wildman–Crippen LogP) is 2.52. The average molecular weight is 311 g/mol. The lowest BCUT2D eigenvalue weighted by atomic mass is 10.0. The van der Waals surface area contributed by atoms with Gasteiger partial charge < -0.3 is 14.7 Å². The summed E-state index contributed by atoms with van der Waals surface area (Å²) in [5.41, 5.74) is 2.77. The van der Waals surface area contributed by atoms with E-state index in [2.05, 4.69) is 0 Å². The second kappa shape index (κ2) is 6.62. The molecule has 0 radical (unpaired) electrons. The van der Waals surface area contributed by atoms with Crippen LogP contribution in [0.1, 0.15) is 20.7 Å². The topological polar surface area (TPSA) is 66.8 Å². The number of ether oxygens (including phenoxy) is 1. The number of nitrogens with zero attached hydrogens (tertiary/aromatic N) is 1. The quantitative estimate of drug-likeness (QED) is 0.946. The van der Waals surface area contributed by atoms with E-state index in [4.69, 9.17) is 9.84 Å². The Morgan fingerprint density at radius 3 is 1.78 bits per heavy atom. The maximum atomic E-state index is 12.4. The van der Waals surface area contributed by atoms with Gasteiger partial charge in [0, 0.05) is 18.7 Å². The van der Waals surface area contributed by atoms with Crippen LogP contribution in [0.5, 0.6) is 0 Å². The number of carbonyl (C=O) groups excluding carboxylic acids is 1. The van der Waals surface area contributed by atoms with Gasteiger partial charge in [-0.25, -0.2) is 4.79 Å². The van der Waals surface area contributed by atoms with Crippen molar-refractivity contribution in [2.24, 2.45) is 0 Å². The van der Waals surface area contributed by atoms with Crippen LogP contribution in [-0.4, -0.2) is 48.2 Å². The number of aromatic carboxylic acids is 1. The van der Waals surface area contributed by atoms with Gasteiger partial charge >= 0.3 is 5.97 Å². The molecule has 2 aromatic rings. The van der Waals surface area contributed by atoms with Gasteiger partial charge in [0.1, 0.15) is 0 Å². The molecule has 5 nitrogen and oxygen atoms in total. The lowest BCUT2D eigenvalue weighted by Gasteiger charge is -2.26. The van der Waals surface area contributed by atoms with Crippen molar-refractivity contribution in [3.63, 3.8) is 0 Å². The summed E-state index contributed by atoms with van der Waals surface area (Å²) in [6.07, 6.45) is 0. The van der Waals surface area contributed by atoms with Gasteiger partial charge in [-0.3, -0.25) is 4.79 Å². The van der Waals surface area contributed by atoms with Crippen LogP contribution in [0, 0.1) is 0 Å². The third kappa shape index (κ3) is 3.40. The maximum absolute atomic E-state index is 12.4. The van der Waals surface area contributed by atoms with E-state index in [1.165, 1.54) is 0 Å². The molecule has 0 saturated carbocycles. The first-order valence-electron chi connectivity index (χ1n) is 7.46. The van der Waals surface area contributed by atoms with E-state index in [0.717, 1.165) is 11.1 Å². The summed E-state index contributed by atoms with van der Waals surface area (Å²) in [5.74, 6) is -0.927. The molecule has 23 heavy (non-hydrogen) atoms. The average Bonchev–Trinajstić information content (AvgIpc) is 2.62. The summed E-state index contributed by atoms with van der Waals surface area (Å²) >= 11 is 0. The number of rotatable bonds is 3. The number of carboxylic acids is 1. The number of morpholine rings is 1. The van der Waals surface area contributed by atoms with Crippen molar-refractivity contribution in [1.29, 1.82) is 0 Å². The van der Waals surface area contributed by atoms with Crippen LogP contribution in [0.3, 0.4) is 0 Å². The van der Waals surface area contributed by atoms with Crippen LogP contribution < -0.4 is 0 Å². The predicted molar refractivity (Wildman–Crippen MR) is 85.6 cm³/mol. The van der Waals surface area contributed by atoms with Crippen LogP contribution in [0.15, 0.2) is 48.5 Å². The molecule has 1 saturated heterocycles. The van der Waals surface area contributed by atoms with Crippen molar-refractivity contribution in [2.75, 3.05) is 26.3 Å². The van der Waals surface area contributed by atoms with Gasteiger partial charge in [-0.05, 0) is 35.4 Å². The second-order valence-corrected chi connectivity index (χ2v) is 5.36. The highest BCUT2D eigenvalue weighted by Crippen LogP contribution is 2.21. The van der Waals surface area contributed by atoms with Crippen molar-refractivity contribution in [3.8, 4) is 11.1 Å². The molecule has 0 aromatic heterocycles. The van der Waals surface area contributed by atoms with Gasteiger partial charge in [-0.15, -0.1) is 0 Å². The molecular weight excluding hydrogens is 294 g/mol. The number of carboxylic acid groups (broad SMARTS) is 1. The molecule has 118 valence electrons. The van der Waals surface area contributed by atoms with Gasteiger partial charge in [0.2, 0.25) is 0 Å². The third-order valence-electron chi connectivity index (χ3n) is 3.90. The first kappa shape index (κ1) is 15.2. The molecule has 1 aliphatic rings. The Morgan fingerprint density at radius 2 is 1.30 bits per heavy atom. The van der Waals surface area contributed by atoms with Crippen molar-refractivity contribution < 1.29 is 19.4 Å². The van der Waals surface area contributed by atoms with Crippen molar-refractivity contribution in [3.05, 3.63) is 59.7 Å². The van der Waals surface area contributed by atoms with E-state index >= 15 is 0 Å². The number of benzene rings is 2. The molecule has 0 unspecified atom stereocenters.